The largest absolute Gasteiger partial charge is 0.289 e. The molecule has 2 nitrogen and oxygen atoms in total. The van der Waals surface area contributed by atoms with E-state index in [9.17, 15) is 5.21 Å². The topological polar surface area (TPSA) is 23.5 Å². The van der Waals surface area contributed by atoms with Crippen LogP contribution in [-0.4, -0.2) is 12.3 Å². The van der Waals surface area contributed by atoms with Crippen LogP contribution in [0.2, 0.25) is 0 Å². The van der Waals surface area contributed by atoms with Crippen molar-refractivity contribution >= 4 is 16.5 Å². The third kappa shape index (κ3) is 1.87. The molecule has 0 amide bonds. The van der Waals surface area contributed by atoms with Gasteiger partial charge in [-0.3, -0.25) is 10.3 Å². The lowest BCUT2D eigenvalue weighted by atomic mass is 9.91. The van der Waals surface area contributed by atoms with E-state index in [0.29, 0.717) is 5.92 Å². The van der Waals surface area contributed by atoms with E-state index >= 15 is 0 Å². The van der Waals surface area contributed by atoms with E-state index in [2.05, 4.69) is 24.3 Å². The molecule has 3 rings (SSSR count). The highest BCUT2D eigenvalue weighted by Crippen LogP contribution is 2.40. The summed E-state index contributed by atoms with van der Waals surface area (Å²) in [5.74, 6) is 0.662. The van der Waals surface area contributed by atoms with Gasteiger partial charge in [0, 0.05) is 12.4 Å². The van der Waals surface area contributed by atoms with Crippen molar-refractivity contribution in [2.24, 2.45) is 0 Å². The van der Waals surface area contributed by atoms with Gasteiger partial charge in [-0.15, -0.1) is 0 Å². The van der Waals surface area contributed by atoms with Gasteiger partial charge < -0.3 is 0 Å². The minimum atomic E-state index is 0.662. The first kappa shape index (κ1) is 11.5. The molecule has 0 heterocycles. The van der Waals surface area contributed by atoms with Gasteiger partial charge in [-0.2, -0.15) is 0 Å². The van der Waals surface area contributed by atoms with Crippen LogP contribution in [0.15, 0.2) is 36.4 Å². The first-order chi connectivity index (χ1) is 8.77. The fourth-order valence-corrected chi connectivity index (χ4v) is 3.20. The Morgan fingerprint density at radius 3 is 2.39 bits per heavy atom. The average Bonchev–Trinajstić information content (AvgIpc) is 2.91. The molecule has 1 aliphatic carbocycles. The van der Waals surface area contributed by atoms with Gasteiger partial charge in [-0.05, 0) is 35.8 Å². The molecule has 0 aliphatic heterocycles. The number of nitrogens with zero attached hydrogens (tertiary/aromatic N) is 1. The standard InChI is InChI=1S/C16H19NO/c1-17(18)15-11-5-9-13-8-4-10-14(16(13)15)12-6-2-3-7-12/h4-5,8-12,18H,2-3,6-7H2,1H3. The summed E-state index contributed by atoms with van der Waals surface area (Å²) in [4.78, 5) is 0. The molecule has 0 saturated heterocycles. The number of benzene rings is 2. The van der Waals surface area contributed by atoms with Gasteiger partial charge in [0.25, 0.3) is 0 Å². The van der Waals surface area contributed by atoms with E-state index in [4.69, 9.17) is 0 Å². The zero-order valence-corrected chi connectivity index (χ0v) is 10.8. The maximum Gasteiger partial charge on any atom is 0.0711 e. The minimum absolute atomic E-state index is 0.662. The maximum absolute atomic E-state index is 9.82. The Labute approximate surface area is 108 Å². The van der Waals surface area contributed by atoms with E-state index < -0.39 is 0 Å². The summed E-state index contributed by atoms with van der Waals surface area (Å²) in [6.45, 7) is 0. The smallest absolute Gasteiger partial charge is 0.0711 e. The molecule has 0 spiro atoms. The monoisotopic (exact) mass is 241 g/mol. The van der Waals surface area contributed by atoms with Gasteiger partial charge in [-0.25, -0.2) is 0 Å². The lowest BCUT2D eigenvalue weighted by Crippen LogP contribution is -2.11. The van der Waals surface area contributed by atoms with Gasteiger partial charge in [0.1, 0.15) is 0 Å². The van der Waals surface area contributed by atoms with Crippen molar-refractivity contribution in [2.45, 2.75) is 31.6 Å². The van der Waals surface area contributed by atoms with Crippen molar-refractivity contribution in [3.63, 3.8) is 0 Å². The van der Waals surface area contributed by atoms with Crippen molar-refractivity contribution in [2.75, 3.05) is 12.1 Å². The summed E-state index contributed by atoms with van der Waals surface area (Å²) >= 11 is 0. The first-order valence-electron chi connectivity index (χ1n) is 6.71. The van der Waals surface area contributed by atoms with Gasteiger partial charge in [0.15, 0.2) is 0 Å². The van der Waals surface area contributed by atoms with Gasteiger partial charge in [0.05, 0.1) is 5.69 Å². The number of hydrogen-bond acceptors (Lipinski definition) is 2. The van der Waals surface area contributed by atoms with Crippen molar-refractivity contribution in [1.82, 2.24) is 0 Å². The number of fused-ring (bicyclic) bond motifs is 1. The van der Waals surface area contributed by atoms with Crippen LogP contribution in [0.5, 0.6) is 0 Å². The van der Waals surface area contributed by atoms with Crippen molar-refractivity contribution in [1.29, 1.82) is 0 Å². The highest BCUT2D eigenvalue weighted by atomic mass is 16.5. The molecule has 1 fully saturated rings. The first-order valence-corrected chi connectivity index (χ1v) is 6.71. The number of anilines is 1. The summed E-state index contributed by atoms with van der Waals surface area (Å²) in [5.41, 5.74) is 2.32. The van der Waals surface area contributed by atoms with Crippen LogP contribution in [0.1, 0.15) is 37.2 Å². The number of rotatable bonds is 2. The van der Waals surface area contributed by atoms with Crippen molar-refractivity contribution < 1.29 is 5.21 Å². The maximum atomic E-state index is 9.82. The molecule has 1 saturated carbocycles. The van der Waals surface area contributed by atoms with Gasteiger partial charge >= 0.3 is 0 Å². The molecular weight excluding hydrogens is 222 g/mol. The van der Waals surface area contributed by atoms with E-state index in [1.807, 2.05) is 12.1 Å². The number of hydrogen-bond donors (Lipinski definition) is 1. The molecule has 2 heteroatoms. The molecule has 2 aromatic carbocycles. The Hall–Kier alpha value is -1.54. The highest BCUT2D eigenvalue weighted by molar-refractivity contribution is 5.97. The lowest BCUT2D eigenvalue weighted by Gasteiger charge is -2.19. The molecule has 94 valence electrons. The van der Waals surface area contributed by atoms with Crippen molar-refractivity contribution in [3.8, 4) is 0 Å². The normalized spacial score (nSPS) is 16.3. The summed E-state index contributed by atoms with van der Waals surface area (Å²) in [7, 11) is 1.69. The Balaban J connectivity index is 2.23. The molecule has 0 unspecified atom stereocenters. The van der Waals surface area contributed by atoms with E-state index in [1.54, 1.807) is 7.05 Å². The van der Waals surface area contributed by atoms with E-state index in [-0.39, 0.29) is 0 Å². The Morgan fingerprint density at radius 2 is 1.72 bits per heavy atom. The third-order valence-electron chi connectivity index (χ3n) is 4.06. The predicted molar refractivity (Wildman–Crippen MR) is 75.3 cm³/mol. The average molecular weight is 241 g/mol. The van der Waals surface area contributed by atoms with Crippen LogP contribution in [-0.2, 0) is 0 Å². The summed E-state index contributed by atoms with van der Waals surface area (Å²) < 4.78 is 0. The Bertz CT molecular complexity index is 551. The molecule has 0 atom stereocenters. The van der Waals surface area contributed by atoms with Crippen LogP contribution >= 0.6 is 0 Å². The Kier molecular flexibility index (Phi) is 2.96. The zero-order chi connectivity index (χ0) is 12.5. The molecule has 0 bridgehead atoms. The van der Waals surface area contributed by atoms with E-state index in [0.717, 1.165) is 5.69 Å². The van der Waals surface area contributed by atoms with Gasteiger partial charge in [-0.1, -0.05) is 43.2 Å². The summed E-state index contributed by atoms with van der Waals surface area (Å²) in [6, 6.07) is 12.6. The number of hydroxylamine groups is 1. The zero-order valence-electron chi connectivity index (χ0n) is 10.8. The molecule has 1 N–H and O–H groups in total. The van der Waals surface area contributed by atoms with Crippen LogP contribution in [0.25, 0.3) is 10.8 Å². The molecule has 1 aliphatic rings. The van der Waals surface area contributed by atoms with Crippen molar-refractivity contribution in [3.05, 3.63) is 42.0 Å². The van der Waals surface area contributed by atoms with E-state index in [1.165, 1.54) is 47.1 Å². The highest BCUT2D eigenvalue weighted by Gasteiger charge is 2.20. The van der Waals surface area contributed by atoms with Crippen LogP contribution in [0, 0.1) is 0 Å². The third-order valence-corrected chi connectivity index (χ3v) is 4.06. The molecule has 0 radical (unpaired) electrons. The predicted octanol–water partition coefficient (Wildman–Crippen LogP) is 4.32. The second kappa shape index (κ2) is 4.62. The summed E-state index contributed by atoms with van der Waals surface area (Å²) in [5, 5.41) is 13.5. The summed E-state index contributed by atoms with van der Waals surface area (Å²) in [6.07, 6.45) is 5.22. The van der Waals surface area contributed by atoms with Crippen LogP contribution in [0.3, 0.4) is 0 Å². The quantitative estimate of drug-likeness (QED) is 0.791. The van der Waals surface area contributed by atoms with Gasteiger partial charge in [0.2, 0.25) is 0 Å². The lowest BCUT2D eigenvalue weighted by molar-refractivity contribution is 0.280. The molecule has 18 heavy (non-hydrogen) atoms. The SMILES string of the molecule is CN(O)c1cccc2cccc(C3CCCC3)c12. The molecule has 0 aromatic heterocycles. The Morgan fingerprint density at radius 1 is 1.06 bits per heavy atom. The fourth-order valence-electron chi connectivity index (χ4n) is 3.20. The second-order valence-electron chi connectivity index (χ2n) is 5.23. The molecule has 2 aromatic rings. The van der Waals surface area contributed by atoms with Crippen LogP contribution < -0.4 is 5.06 Å². The minimum Gasteiger partial charge on any atom is -0.289 e. The molecular formula is C16H19NO. The fraction of sp³-hybridized carbons (Fsp3) is 0.375. The second-order valence-corrected chi connectivity index (χ2v) is 5.23. The van der Waals surface area contributed by atoms with Crippen LogP contribution in [0.4, 0.5) is 5.69 Å².